The Morgan fingerprint density at radius 2 is 1.77 bits per heavy atom. The number of carbonyl (C=O) groups excluding carboxylic acids is 1. The number of nitrogens with zero attached hydrogens (tertiary/aromatic N) is 1. The molecule has 0 aliphatic carbocycles. The lowest BCUT2D eigenvalue weighted by molar-refractivity contribution is -0.143. The minimum atomic E-state index is -3.98. The second kappa shape index (κ2) is 8.18. The van der Waals surface area contributed by atoms with Gasteiger partial charge in [-0.3, -0.25) is 9.62 Å². The van der Waals surface area contributed by atoms with E-state index < -0.39 is 39.5 Å². The molecule has 0 spiro atoms. The number of benzene rings is 2. The maximum Gasteiger partial charge on any atom is 0.411 e. The number of hydrogen-bond acceptors (Lipinski definition) is 5. The van der Waals surface area contributed by atoms with Crippen molar-refractivity contribution in [1.82, 2.24) is 4.90 Å². The van der Waals surface area contributed by atoms with Crippen molar-refractivity contribution >= 4 is 27.8 Å². The smallest absolute Gasteiger partial charge is 0.411 e. The van der Waals surface area contributed by atoms with Crippen molar-refractivity contribution in [2.75, 3.05) is 4.72 Å². The number of halogens is 1. The number of ether oxygens (including phenoxy) is 1. The van der Waals surface area contributed by atoms with Crippen LogP contribution in [-0.4, -0.2) is 42.1 Å². The van der Waals surface area contributed by atoms with Gasteiger partial charge in [-0.15, -0.1) is 0 Å². The van der Waals surface area contributed by atoms with Gasteiger partial charge in [0.2, 0.25) is 0 Å². The molecule has 1 heterocycles. The van der Waals surface area contributed by atoms with E-state index in [1.165, 1.54) is 30.3 Å². The summed E-state index contributed by atoms with van der Waals surface area (Å²) in [5.41, 5.74) is 0.517. The SMILES string of the molecule is CC(C)(C)OC(=O)N1Cc2cc(S(=O)(=O)Nc3ccc(F)cc3)ccc2CC1C(=O)O. The van der Waals surface area contributed by atoms with Crippen molar-refractivity contribution in [3.8, 4) is 0 Å². The molecule has 1 aliphatic rings. The van der Waals surface area contributed by atoms with Crippen LogP contribution in [0.4, 0.5) is 14.9 Å². The molecule has 0 radical (unpaired) electrons. The number of carboxylic acids is 1. The zero-order chi connectivity index (χ0) is 23.0. The van der Waals surface area contributed by atoms with Crippen LogP contribution in [0.1, 0.15) is 31.9 Å². The molecule has 10 heteroatoms. The van der Waals surface area contributed by atoms with Crippen molar-refractivity contribution in [2.45, 2.75) is 50.3 Å². The highest BCUT2D eigenvalue weighted by atomic mass is 32.2. The number of sulfonamides is 1. The number of carboxylic acid groups (broad SMARTS) is 1. The van der Waals surface area contributed by atoms with Crippen LogP contribution in [0, 0.1) is 5.82 Å². The van der Waals surface area contributed by atoms with Crippen LogP contribution in [0.3, 0.4) is 0 Å². The highest BCUT2D eigenvalue weighted by Crippen LogP contribution is 2.28. The third-order valence-electron chi connectivity index (χ3n) is 4.63. The molecule has 0 aromatic heterocycles. The second-order valence-electron chi connectivity index (χ2n) is 8.21. The largest absolute Gasteiger partial charge is 0.480 e. The number of rotatable bonds is 4. The predicted molar refractivity (Wildman–Crippen MR) is 111 cm³/mol. The van der Waals surface area contributed by atoms with Crippen LogP contribution < -0.4 is 4.72 Å². The van der Waals surface area contributed by atoms with E-state index in [-0.39, 0.29) is 23.5 Å². The van der Waals surface area contributed by atoms with Gasteiger partial charge in [0.1, 0.15) is 17.5 Å². The van der Waals surface area contributed by atoms with Gasteiger partial charge in [-0.25, -0.2) is 22.4 Å². The summed E-state index contributed by atoms with van der Waals surface area (Å²) in [6, 6.07) is 8.05. The summed E-state index contributed by atoms with van der Waals surface area (Å²) in [5.74, 6) is -1.67. The maximum atomic E-state index is 13.1. The molecule has 1 unspecified atom stereocenters. The average molecular weight is 450 g/mol. The topological polar surface area (TPSA) is 113 Å². The van der Waals surface area contributed by atoms with Gasteiger partial charge in [0, 0.05) is 12.1 Å². The molecule has 1 aliphatic heterocycles. The van der Waals surface area contributed by atoms with Crippen LogP contribution >= 0.6 is 0 Å². The molecule has 0 saturated carbocycles. The van der Waals surface area contributed by atoms with Gasteiger partial charge >= 0.3 is 12.1 Å². The van der Waals surface area contributed by atoms with Crippen LogP contribution in [0.2, 0.25) is 0 Å². The number of carbonyl (C=O) groups is 2. The normalized spacial score (nSPS) is 16.4. The summed E-state index contributed by atoms with van der Waals surface area (Å²) in [5, 5.41) is 9.57. The Morgan fingerprint density at radius 1 is 1.13 bits per heavy atom. The average Bonchev–Trinajstić information content (AvgIpc) is 2.66. The van der Waals surface area contributed by atoms with Gasteiger partial charge in [-0.05, 0) is 68.3 Å². The van der Waals surface area contributed by atoms with Crippen molar-refractivity contribution in [3.63, 3.8) is 0 Å². The van der Waals surface area contributed by atoms with Crippen LogP contribution in [0.5, 0.6) is 0 Å². The lowest BCUT2D eigenvalue weighted by atomic mass is 9.94. The molecule has 31 heavy (non-hydrogen) atoms. The Kier molecular flexibility index (Phi) is 5.95. The molecule has 2 aromatic rings. The Hall–Kier alpha value is -3.14. The Balaban J connectivity index is 1.90. The molecule has 166 valence electrons. The summed E-state index contributed by atoms with van der Waals surface area (Å²) in [4.78, 5) is 25.3. The standard InChI is InChI=1S/C21H23FN2O6S/c1-21(2,3)30-20(27)24-12-14-10-17(9-4-13(14)11-18(24)19(25)26)31(28,29)23-16-7-5-15(22)6-8-16/h4-10,18,23H,11-12H2,1-3H3,(H,25,26). The zero-order valence-electron chi connectivity index (χ0n) is 17.3. The number of fused-ring (bicyclic) bond motifs is 1. The van der Waals surface area contributed by atoms with E-state index in [0.29, 0.717) is 11.1 Å². The molecule has 1 atom stereocenters. The van der Waals surface area contributed by atoms with E-state index >= 15 is 0 Å². The molecule has 2 N–H and O–H groups in total. The van der Waals surface area contributed by atoms with E-state index in [1.807, 2.05) is 0 Å². The quantitative estimate of drug-likeness (QED) is 0.739. The van der Waals surface area contributed by atoms with Gasteiger partial charge in [-0.2, -0.15) is 0 Å². The molecule has 3 rings (SSSR count). The fraction of sp³-hybridized carbons (Fsp3) is 0.333. The molecule has 2 aromatic carbocycles. The van der Waals surface area contributed by atoms with Gasteiger partial charge in [0.25, 0.3) is 10.0 Å². The molecule has 1 amide bonds. The van der Waals surface area contributed by atoms with Gasteiger partial charge in [0.15, 0.2) is 0 Å². The summed E-state index contributed by atoms with van der Waals surface area (Å²) in [7, 11) is -3.98. The predicted octanol–water partition coefficient (Wildman–Crippen LogP) is 3.37. The first-order valence-corrected chi connectivity index (χ1v) is 11.0. The van der Waals surface area contributed by atoms with Gasteiger partial charge in [0.05, 0.1) is 11.4 Å². The Labute approximate surface area is 179 Å². The fourth-order valence-corrected chi connectivity index (χ4v) is 4.30. The van der Waals surface area contributed by atoms with Crippen LogP contribution in [0.15, 0.2) is 47.4 Å². The minimum Gasteiger partial charge on any atom is -0.480 e. The van der Waals surface area contributed by atoms with E-state index in [0.717, 1.165) is 17.0 Å². The number of anilines is 1. The second-order valence-corrected chi connectivity index (χ2v) is 9.89. The number of nitrogens with one attached hydrogen (secondary N) is 1. The molecule has 0 bridgehead atoms. The third-order valence-corrected chi connectivity index (χ3v) is 6.01. The number of aliphatic carboxylic acids is 1. The number of hydrogen-bond donors (Lipinski definition) is 2. The van der Waals surface area contributed by atoms with Crippen molar-refractivity contribution < 1.29 is 32.2 Å². The first-order chi connectivity index (χ1) is 14.4. The lowest BCUT2D eigenvalue weighted by Crippen LogP contribution is -2.50. The third kappa shape index (κ3) is 5.32. The van der Waals surface area contributed by atoms with Crippen molar-refractivity contribution in [3.05, 3.63) is 59.4 Å². The number of amides is 1. The molecular weight excluding hydrogens is 427 g/mol. The molecule has 0 saturated heterocycles. The van der Waals surface area contributed by atoms with Crippen LogP contribution in [0.25, 0.3) is 0 Å². The first kappa shape index (κ1) is 22.5. The molecule has 8 nitrogen and oxygen atoms in total. The van der Waals surface area contributed by atoms with Crippen molar-refractivity contribution in [1.29, 1.82) is 0 Å². The highest BCUT2D eigenvalue weighted by Gasteiger charge is 2.37. The lowest BCUT2D eigenvalue weighted by Gasteiger charge is -2.35. The fourth-order valence-electron chi connectivity index (χ4n) is 3.19. The summed E-state index contributed by atoms with van der Waals surface area (Å²) in [6.45, 7) is 4.90. The molecule has 0 fully saturated rings. The first-order valence-electron chi connectivity index (χ1n) is 9.48. The maximum absolute atomic E-state index is 13.1. The zero-order valence-corrected chi connectivity index (χ0v) is 18.1. The van der Waals surface area contributed by atoms with Crippen LogP contribution in [-0.2, 0) is 32.5 Å². The minimum absolute atomic E-state index is 0.0234. The van der Waals surface area contributed by atoms with Gasteiger partial charge in [-0.1, -0.05) is 6.07 Å². The van der Waals surface area contributed by atoms with E-state index in [4.69, 9.17) is 4.74 Å². The molecular formula is C21H23FN2O6S. The van der Waals surface area contributed by atoms with E-state index in [9.17, 15) is 27.5 Å². The Bertz CT molecular complexity index is 1110. The highest BCUT2D eigenvalue weighted by molar-refractivity contribution is 7.92. The summed E-state index contributed by atoms with van der Waals surface area (Å²) >= 11 is 0. The van der Waals surface area contributed by atoms with E-state index in [1.54, 1.807) is 20.8 Å². The Morgan fingerprint density at radius 3 is 2.35 bits per heavy atom. The summed E-state index contributed by atoms with van der Waals surface area (Å²) < 4.78 is 46.2. The monoisotopic (exact) mass is 450 g/mol. The van der Waals surface area contributed by atoms with Gasteiger partial charge < -0.3 is 9.84 Å². The summed E-state index contributed by atoms with van der Waals surface area (Å²) in [6.07, 6.45) is -0.765. The van der Waals surface area contributed by atoms with Crippen molar-refractivity contribution in [2.24, 2.45) is 0 Å². The van der Waals surface area contributed by atoms with E-state index in [2.05, 4.69) is 4.72 Å².